The zero-order valence-electron chi connectivity index (χ0n) is 10.6. The summed E-state index contributed by atoms with van der Waals surface area (Å²) in [6.45, 7) is 0. The highest BCUT2D eigenvalue weighted by Crippen LogP contribution is 2.11. The highest BCUT2D eigenvalue weighted by Gasteiger charge is 2.07. The Morgan fingerprint density at radius 3 is 2.25 bits per heavy atom. The minimum atomic E-state index is -0.227. The summed E-state index contributed by atoms with van der Waals surface area (Å²) in [7, 11) is 0. The molecule has 20 heavy (non-hydrogen) atoms. The Hall–Kier alpha value is -2.95. The van der Waals surface area contributed by atoms with Crippen LogP contribution in [0.3, 0.4) is 0 Å². The van der Waals surface area contributed by atoms with Crippen molar-refractivity contribution in [2.75, 3.05) is 5.32 Å². The molecule has 5 heteroatoms. The number of hydrogen-bond donors (Lipinski definition) is 1. The Balaban J connectivity index is 1.76. The van der Waals surface area contributed by atoms with E-state index in [9.17, 15) is 4.79 Å². The molecule has 2 heterocycles. The SMILES string of the molecule is O=C(Nc1ncccn1)c1ccc(-n2cccc2)cc1. The summed E-state index contributed by atoms with van der Waals surface area (Å²) in [6.07, 6.45) is 7.06. The van der Waals surface area contributed by atoms with E-state index < -0.39 is 0 Å². The minimum Gasteiger partial charge on any atom is -0.324 e. The maximum atomic E-state index is 12.0. The lowest BCUT2D eigenvalue weighted by atomic mass is 10.2. The van der Waals surface area contributed by atoms with Crippen LogP contribution < -0.4 is 5.32 Å². The zero-order chi connectivity index (χ0) is 13.8. The van der Waals surface area contributed by atoms with Gasteiger partial charge in [-0.25, -0.2) is 9.97 Å². The van der Waals surface area contributed by atoms with Gasteiger partial charge in [-0.1, -0.05) is 0 Å². The monoisotopic (exact) mass is 264 g/mol. The van der Waals surface area contributed by atoms with Crippen LogP contribution in [0.15, 0.2) is 67.3 Å². The molecule has 0 aliphatic heterocycles. The van der Waals surface area contributed by atoms with Crippen LogP contribution in [-0.2, 0) is 0 Å². The lowest BCUT2D eigenvalue weighted by Crippen LogP contribution is -2.13. The molecule has 98 valence electrons. The van der Waals surface area contributed by atoms with Crippen molar-refractivity contribution in [3.8, 4) is 5.69 Å². The average molecular weight is 264 g/mol. The Morgan fingerprint density at radius 2 is 1.60 bits per heavy atom. The smallest absolute Gasteiger partial charge is 0.258 e. The molecule has 0 saturated heterocycles. The zero-order valence-corrected chi connectivity index (χ0v) is 10.6. The average Bonchev–Trinajstić information content (AvgIpc) is 3.03. The highest BCUT2D eigenvalue weighted by molar-refractivity contribution is 6.03. The molecule has 2 aromatic heterocycles. The van der Waals surface area contributed by atoms with E-state index in [1.54, 1.807) is 30.6 Å². The third-order valence-electron chi connectivity index (χ3n) is 2.82. The first-order valence-corrected chi connectivity index (χ1v) is 6.15. The molecule has 0 radical (unpaired) electrons. The predicted molar refractivity (Wildman–Crippen MR) is 75.8 cm³/mol. The van der Waals surface area contributed by atoms with Gasteiger partial charge in [0.1, 0.15) is 0 Å². The lowest BCUT2D eigenvalue weighted by molar-refractivity contribution is 0.102. The number of rotatable bonds is 3. The largest absolute Gasteiger partial charge is 0.324 e. The van der Waals surface area contributed by atoms with Crippen LogP contribution >= 0.6 is 0 Å². The number of carbonyl (C=O) groups is 1. The van der Waals surface area contributed by atoms with E-state index in [1.807, 2.05) is 41.2 Å². The fourth-order valence-electron chi connectivity index (χ4n) is 1.83. The maximum absolute atomic E-state index is 12.0. The van der Waals surface area contributed by atoms with E-state index in [0.29, 0.717) is 11.5 Å². The molecule has 5 nitrogen and oxygen atoms in total. The summed E-state index contributed by atoms with van der Waals surface area (Å²) in [4.78, 5) is 19.9. The number of carbonyl (C=O) groups excluding carboxylic acids is 1. The van der Waals surface area contributed by atoms with Crippen molar-refractivity contribution in [1.82, 2.24) is 14.5 Å². The van der Waals surface area contributed by atoms with E-state index in [1.165, 1.54) is 0 Å². The van der Waals surface area contributed by atoms with E-state index in [0.717, 1.165) is 5.69 Å². The Kier molecular flexibility index (Phi) is 3.24. The van der Waals surface area contributed by atoms with Gasteiger partial charge in [-0.05, 0) is 42.5 Å². The number of nitrogens with one attached hydrogen (secondary N) is 1. The van der Waals surface area contributed by atoms with Crippen molar-refractivity contribution in [2.24, 2.45) is 0 Å². The molecule has 0 aliphatic rings. The van der Waals surface area contributed by atoms with Gasteiger partial charge < -0.3 is 4.57 Å². The van der Waals surface area contributed by atoms with E-state index >= 15 is 0 Å². The van der Waals surface area contributed by atoms with Gasteiger partial charge >= 0.3 is 0 Å². The van der Waals surface area contributed by atoms with Crippen LogP contribution in [0.2, 0.25) is 0 Å². The molecular weight excluding hydrogens is 252 g/mol. The fraction of sp³-hybridized carbons (Fsp3) is 0. The molecule has 1 N–H and O–H groups in total. The maximum Gasteiger partial charge on any atom is 0.258 e. The first kappa shape index (κ1) is 12.1. The van der Waals surface area contributed by atoms with Gasteiger partial charge in [0.05, 0.1) is 0 Å². The van der Waals surface area contributed by atoms with E-state index in [4.69, 9.17) is 0 Å². The summed E-state index contributed by atoms with van der Waals surface area (Å²) in [5.41, 5.74) is 1.57. The van der Waals surface area contributed by atoms with Crippen LogP contribution in [0, 0.1) is 0 Å². The van der Waals surface area contributed by atoms with Gasteiger partial charge in [-0.15, -0.1) is 0 Å². The highest BCUT2D eigenvalue weighted by atomic mass is 16.1. The molecular formula is C15H12N4O. The van der Waals surface area contributed by atoms with Crippen molar-refractivity contribution in [3.05, 3.63) is 72.8 Å². The summed E-state index contributed by atoms with van der Waals surface area (Å²) in [6, 6.07) is 12.9. The summed E-state index contributed by atoms with van der Waals surface area (Å²) in [5.74, 6) is 0.0715. The number of amides is 1. The molecule has 0 aliphatic carbocycles. The second kappa shape index (κ2) is 5.36. The van der Waals surface area contributed by atoms with Crippen molar-refractivity contribution < 1.29 is 4.79 Å². The van der Waals surface area contributed by atoms with Crippen molar-refractivity contribution in [1.29, 1.82) is 0 Å². The lowest BCUT2D eigenvalue weighted by Gasteiger charge is -2.05. The number of benzene rings is 1. The van der Waals surface area contributed by atoms with Crippen molar-refractivity contribution >= 4 is 11.9 Å². The first-order valence-electron chi connectivity index (χ1n) is 6.15. The second-order valence-electron chi connectivity index (χ2n) is 4.16. The molecule has 0 spiro atoms. The van der Waals surface area contributed by atoms with Crippen LogP contribution in [0.25, 0.3) is 5.69 Å². The molecule has 0 fully saturated rings. The van der Waals surface area contributed by atoms with Crippen LogP contribution in [-0.4, -0.2) is 20.4 Å². The predicted octanol–water partition coefficient (Wildman–Crippen LogP) is 2.52. The molecule has 1 aromatic carbocycles. The normalized spacial score (nSPS) is 10.2. The number of nitrogens with zero attached hydrogens (tertiary/aromatic N) is 3. The van der Waals surface area contributed by atoms with Crippen LogP contribution in [0.5, 0.6) is 0 Å². The third kappa shape index (κ3) is 2.56. The van der Waals surface area contributed by atoms with Gasteiger partial charge in [0.2, 0.25) is 5.95 Å². The van der Waals surface area contributed by atoms with Crippen LogP contribution in [0.1, 0.15) is 10.4 Å². The second-order valence-corrected chi connectivity index (χ2v) is 4.16. The molecule has 0 bridgehead atoms. The number of hydrogen-bond acceptors (Lipinski definition) is 3. The minimum absolute atomic E-state index is 0.227. The molecule has 0 unspecified atom stereocenters. The van der Waals surface area contributed by atoms with Gasteiger partial charge in [0, 0.05) is 36.0 Å². The summed E-state index contributed by atoms with van der Waals surface area (Å²) < 4.78 is 1.97. The standard InChI is InChI=1S/C15H12N4O/c20-14(18-15-16-8-3-9-17-15)12-4-6-13(7-5-12)19-10-1-2-11-19/h1-11H,(H,16,17,18,20). The molecule has 3 aromatic rings. The van der Waals surface area contributed by atoms with Gasteiger partial charge in [-0.2, -0.15) is 0 Å². The number of anilines is 1. The topological polar surface area (TPSA) is 59.8 Å². The Morgan fingerprint density at radius 1 is 0.950 bits per heavy atom. The van der Waals surface area contributed by atoms with Crippen LogP contribution in [0.4, 0.5) is 5.95 Å². The number of aromatic nitrogens is 3. The van der Waals surface area contributed by atoms with E-state index in [-0.39, 0.29) is 5.91 Å². The van der Waals surface area contributed by atoms with Gasteiger partial charge in [-0.3, -0.25) is 10.1 Å². The van der Waals surface area contributed by atoms with Crippen molar-refractivity contribution in [2.45, 2.75) is 0 Å². The quantitative estimate of drug-likeness (QED) is 0.790. The Bertz CT molecular complexity index is 691. The third-order valence-corrected chi connectivity index (χ3v) is 2.82. The molecule has 0 saturated carbocycles. The first-order chi connectivity index (χ1) is 9.83. The summed E-state index contributed by atoms with van der Waals surface area (Å²) in [5, 5.41) is 2.64. The Labute approximate surface area is 115 Å². The molecule has 1 amide bonds. The van der Waals surface area contributed by atoms with Gasteiger partial charge in [0.15, 0.2) is 0 Å². The van der Waals surface area contributed by atoms with Gasteiger partial charge in [0.25, 0.3) is 5.91 Å². The van der Waals surface area contributed by atoms with E-state index in [2.05, 4.69) is 15.3 Å². The summed E-state index contributed by atoms with van der Waals surface area (Å²) >= 11 is 0. The molecule has 0 atom stereocenters. The van der Waals surface area contributed by atoms with Crippen molar-refractivity contribution in [3.63, 3.8) is 0 Å². The molecule has 3 rings (SSSR count). The fourth-order valence-corrected chi connectivity index (χ4v) is 1.83.